The van der Waals surface area contributed by atoms with Gasteiger partial charge in [0, 0.05) is 23.6 Å². The Hall–Kier alpha value is -3.28. The summed E-state index contributed by atoms with van der Waals surface area (Å²) in [4.78, 5) is 16.1. The fourth-order valence-electron chi connectivity index (χ4n) is 2.30. The number of nitrogens with one attached hydrogen (secondary N) is 1. The fourth-order valence-corrected chi connectivity index (χ4v) is 2.30. The Morgan fingerprint density at radius 3 is 2.44 bits per heavy atom. The third-order valence-electron chi connectivity index (χ3n) is 3.65. The van der Waals surface area contributed by atoms with E-state index in [9.17, 15) is 4.79 Å². The lowest BCUT2D eigenvalue weighted by molar-refractivity contribution is 0.0947. The van der Waals surface area contributed by atoms with Gasteiger partial charge in [-0.05, 0) is 48.5 Å². The zero-order valence-electron chi connectivity index (χ0n) is 13.9. The van der Waals surface area contributed by atoms with Crippen molar-refractivity contribution >= 4 is 5.91 Å². The van der Waals surface area contributed by atoms with Crippen molar-refractivity contribution in [2.75, 3.05) is 20.3 Å². The zero-order chi connectivity index (χ0) is 17.5. The van der Waals surface area contributed by atoms with Crippen LogP contribution in [0.5, 0.6) is 11.5 Å². The molecule has 0 aliphatic heterocycles. The molecule has 6 nitrogen and oxygen atoms in total. The molecule has 0 saturated heterocycles. The summed E-state index contributed by atoms with van der Waals surface area (Å²) < 4.78 is 12.5. The molecule has 25 heavy (non-hydrogen) atoms. The second-order valence-electron chi connectivity index (χ2n) is 5.30. The molecule has 0 spiro atoms. The molecule has 0 aliphatic rings. The second kappa shape index (κ2) is 8.01. The normalized spacial score (nSPS) is 10.3. The molecular formula is C19H19N3O3. The maximum Gasteiger partial charge on any atom is 0.251 e. The second-order valence-corrected chi connectivity index (χ2v) is 5.30. The van der Waals surface area contributed by atoms with E-state index in [4.69, 9.17) is 9.47 Å². The summed E-state index contributed by atoms with van der Waals surface area (Å²) in [6, 6.07) is 14.6. The Kier molecular flexibility index (Phi) is 5.31. The van der Waals surface area contributed by atoms with Gasteiger partial charge in [-0.3, -0.25) is 4.79 Å². The van der Waals surface area contributed by atoms with Crippen molar-refractivity contribution in [3.8, 4) is 17.2 Å². The van der Waals surface area contributed by atoms with E-state index in [0.717, 1.165) is 17.2 Å². The third-order valence-corrected chi connectivity index (χ3v) is 3.65. The van der Waals surface area contributed by atoms with Gasteiger partial charge in [-0.1, -0.05) is 0 Å². The summed E-state index contributed by atoms with van der Waals surface area (Å²) in [5.74, 6) is 1.38. The molecule has 0 bridgehead atoms. The number of imidazole rings is 1. The number of rotatable bonds is 7. The van der Waals surface area contributed by atoms with E-state index >= 15 is 0 Å². The lowest BCUT2D eigenvalue weighted by Crippen LogP contribution is -2.28. The van der Waals surface area contributed by atoms with Crippen LogP contribution in [0, 0.1) is 0 Å². The molecule has 128 valence electrons. The Morgan fingerprint density at radius 2 is 1.80 bits per heavy atom. The summed E-state index contributed by atoms with van der Waals surface area (Å²) in [5, 5.41) is 2.84. The molecule has 1 aromatic heterocycles. The SMILES string of the molecule is COc1ccc(OCCNC(=O)c2ccc(-n3ccnc3)cc2)cc1. The van der Waals surface area contributed by atoms with Crippen LogP contribution in [0.3, 0.4) is 0 Å². The topological polar surface area (TPSA) is 65.4 Å². The van der Waals surface area contributed by atoms with E-state index in [1.807, 2.05) is 47.2 Å². The molecule has 1 N–H and O–H groups in total. The van der Waals surface area contributed by atoms with Crippen molar-refractivity contribution in [1.29, 1.82) is 0 Å². The average molecular weight is 337 g/mol. The van der Waals surface area contributed by atoms with Crippen LogP contribution in [0.25, 0.3) is 5.69 Å². The van der Waals surface area contributed by atoms with Gasteiger partial charge in [0.2, 0.25) is 0 Å². The van der Waals surface area contributed by atoms with Gasteiger partial charge in [-0.15, -0.1) is 0 Å². The Balaban J connectivity index is 1.45. The smallest absolute Gasteiger partial charge is 0.251 e. The minimum atomic E-state index is -0.129. The van der Waals surface area contributed by atoms with Crippen molar-refractivity contribution in [1.82, 2.24) is 14.9 Å². The van der Waals surface area contributed by atoms with Gasteiger partial charge < -0.3 is 19.4 Å². The van der Waals surface area contributed by atoms with E-state index in [0.29, 0.717) is 18.7 Å². The highest BCUT2D eigenvalue weighted by atomic mass is 16.5. The maximum atomic E-state index is 12.1. The number of hydrogen-bond donors (Lipinski definition) is 1. The van der Waals surface area contributed by atoms with E-state index < -0.39 is 0 Å². The highest BCUT2D eigenvalue weighted by Gasteiger charge is 2.05. The number of methoxy groups -OCH3 is 1. The summed E-state index contributed by atoms with van der Waals surface area (Å²) >= 11 is 0. The number of benzene rings is 2. The number of carbonyl (C=O) groups excluding carboxylic acids is 1. The van der Waals surface area contributed by atoms with Gasteiger partial charge in [0.05, 0.1) is 20.0 Å². The van der Waals surface area contributed by atoms with E-state index in [-0.39, 0.29) is 5.91 Å². The van der Waals surface area contributed by atoms with Crippen LogP contribution in [0.1, 0.15) is 10.4 Å². The molecule has 3 aromatic rings. The van der Waals surface area contributed by atoms with Crippen molar-refractivity contribution in [2.24, 2.45) is 0 Å². The molecule has 0 atom stereocenters. The van der Waals surface area contributed by atoms with E-state index in [1.165, 1.54) is 0 Å². The molecule has 6 heteroatoms. The predicted molar refractivity (Wildman–Crippen MR) is 94.4 cm³/mol. The number of ether oxygens (including phenoxy) is 2. The quantitative estimate of drug-likeness (QED) is 0.673. The van der Waals surface area contributed by atoms with E-state index in [2.05, 4.69) is 10.3 Å². The molecular weight excluding hydrogens is 318 g/mol. The molecule has 0 saturated carbocycles. The van der Waals surface area contributed by atoms with Crippen LogP contribution in [0.2, 0.25) is 0 Å². The van der Waals surface area contributed by atoms with Crippen molar-refractivity contribution in [3.63, 3.8) is 0 Å². The minimum absolute atomic E-state index is 0.129. The molecule has 1 amide bonds. The first-order valence-electron chi connectivity index (χ1n) is 7.90. The summed E-state index contributed by atoms with van der Waals surface area (Å²) in [7, 11) is 1.62. The van der Waals surface area contributed by atoms with Crippen LogP contribution in [0.15, 0.2) is 67.3 Å². The molecule has 0 aliphatic carbocycles. The van der Waals surface area contributed by atoms with Crippen LogP contribution < -0.4 is 14.8 Å². The molecule has 1 heterocycles. The number of carbonyl (C=O) groups is 1. The van der Waals surface area contributed by atoms with E-state index in [1.54, 1.807) is 31.8 Å². The Labute approximate surface area is 146 Å². The number of amides is 1. The third kappa shape index (κ3) is 4.38. The first-order valence-corrected chi connectivity index (χ1v) is 7.90. The summed E-state index contributed by atoms with van der Waals surface area (Å²) in [6.45, 7) is 0.819. The molecule has 0 fully saturated rings. The minimum Gasteiger partial charge on any atom is -0.497 e. The van der Waals surface area contributed by atoms with Crippen LogP contribution in [-0.4, -0.2) is 35.7 Å². The fraction of sp³-hybridized carbons (Fsp3) is 0.158. The average Bonchev–Trinajstić information content (AvgIpc) is 3.20. The highest BCUT2D eigenvalue weighted by Crippen LogP contribution is 2.16. The predicted octanol–water partition coefficient (Wildman–Crippen LogP) is 2.69. The summed E-state index contributed by atoms with van der Waals surface area (Å²) in [6.07, 6.45) is 5.28. The van der Waals surface area contributed by atoms with Crippen LogP contribution in [-0.2, 0) is 0 Å². The Bertz CT molecular complexity index is 797. The van der Waals surface area contributed by atoms with Crippen LogP contribution in [0.4, 0.5) is 0 Å². The largest absolute Gasteiger partial charge is 0.497 e. The van der Waals surface area contributed by atoms with Crippen molar-refractivity contribution in [2.45, 2.75) is 0 Å². The molecule has 0 unspecified atom stereocenters. The number of nitrogens with zero attached hydrogens (tertiary/aromatic N) is 2. The van der Waals surface area contributed by atoms with Crippen molar-refractivity contribution < 1.29 is 14.3 Å². The van der Waals surface area contributed by atoms with Gasteiger partial charge >= 0.3 is 0 Å². The lowest BCUT2D eigenvalue weighted by Gasteiger charge is -2.09. The summed E-state index contributed by atoms with van der Waals surface area (Å²) in [5.41, 5.74) is 1.56. The monoisotopic (exact) mass is 337 g/mol. The number of aromatic nitrogens is 2. The standard InChI is InChI=1S/C19H19N3O3/c1-24-17-6-8-18(9-7-17)25-13-11-21-19(23)15-2-4-16(5-3-15)22-12-10-20-14-22/h2-10,12,14H,11,13H2,1H3,(H,21,23). The molecule has 0 radical (unpaired) electrons. The van der Waals surface area contributed by atoms with Gasteiger partial charge in [0.25, 0.3) is 5.91 Å². The van der Waals surface area contributed by atoms with Gasteiger partial charge in [-0.25, -0.2) is 4.98 Å². The van der Waals surface area contributed by atoms with Gasteiger partial charge in [-0.2, -0.15) is 0 Å². The van der Waals surface area contributed by atoms with Crippen molar-refractivity contribution in [3.05, 3.63) is 72.8 Å². The van der Waals surface area contributed by atoms with Gasteiger partial charge in [0.15, 0.2) is 0 Å². The highest BCUT2D eigenvalue weighted by molar-refractivity contribution is 5.94. The number of hydrogen-bond acceptors (Lipinski definition) is 4. The first-order chi connectivity index (χ1) is 12.3. The van der Waals surface area contributed by atoms with Crippen LogP contribution >= 0.6 is 0 Å². The van der Waals surface area contributed by atoms with Gasteiger partial charge in [0.1, 0.15) is 18.1 Å². The molecule has 3 rings (SSSR count). The molecule has 2 aromatic carbocycles. The first kappa shape index (κ1) is 16.6. The Morgan fingerprint density at radius 1 is 1.08 bits per heavy atom. The zero-order valence-corrected chi connectivity index (χ0v) is 13.9. The lowest BCUT2D eigenvalue weighted by atomic mass is 10.2. The maximum absolute atomic E-state index is 12.1.